The Morgan fingerprint density at radius 3 is 2.37 bits per heavy atom. The van der Waals surface area contributed by atoms with Crippen molar-refractivity contribution in [1.82, 2.24) is 0 Å². The third-order valence-electron chi connectivity index (χ3n) is 3.04. The van der Waals surface area contributed by atoms with E-state index in [2.05, 4.69) is 31.9 Å². The standard InChI is InChI=1S/C15H13Br2FO/c16-13-3-1-10(2-4-13)12(9-19)7-11-8-14(18)5-6-15(11)17/h1-6,8,12,19H,7,9H2. The molecule has 100 valence electrons. The zero-order valence-corrected chi connectivity index (χ0v) is 13.3. The molecule has 2 aromatic rings. The van der Waals surface area contributed by atoms with Gasteiger partial charge in [0.15, 0.2) is 0 Å². The topological polar surface area (TPSA) is 20.2 Å². The Morgan fingerprint density at radius 1 is 1.05 bits per heavy atom. The van der Waals surface area contributed by atoms with E-state index in [1.54, 1.807) is 6.07 Å². The van der Waals surface area contributed by atoms with Crippen molar-refractivity contribution in [1.29, 1.82) is 0 Å². The summed E-state index contributed by atoms with van der Waals surface area (Å²) in [6, 6.07) is 12.4. The van der Waals surface area contributed by atoms with Gasteiger partial charge in [-0.05, 0) is 47.9 Å². The van der Waals surface area contributed by atoms with Crippen LogP contribution < -0.4 is 0 Å². The van der Waals surface area contributed by atoms with Crippen molar-refractivity contribution >= 4 is 31.9 Å². The summed E-state index contributed by atoms with van der Waals surface area (Å²) < 4.78 is 15.1. The highest BCUT2D eigenvalue weighted by Crippen LogP contribution is 2.26. The van der Waals surface area contributed by atoms with Crippen LogP contribution >= 0.6 is 31.9 Å². The average Bonchev–Trinajstić information content (AvgIpc) is 2.41. The van der Waals surface area contributed by atoms with Gasteiger partial charge in [0.25, 0.3) is 0 Å². The molecule has 0 aliphatic heterocycles. The summed E-state index contributed by atoms with van der Waals surface area (Å²) >= 11 is 6.80. The number of hydrogen-bond acceptors (Lipinski definition) is 1. The Kier molecular flexibility index (Phi) is 5.13. The third kappa shape index (κ3) is 3.88. The molecule has 19 heavy (non-hydrogen) atoms. The molecule has 0 aromatic heterocycles. The van der Waals surface area contributed by atoms with Crippen LogP contribution in [0.25, 0.3) is 0 Å². The second kappa shape index (κ2) is 6.64. The first-order chi connectivity index (χ1) is 9.10. The van der Waals surface area contributed by atoms with Crippen LogP contribution in [-0.2, 0) is 6.42 Å². The van der Waals surface area contributed by atoms with Crippen molar-refractivity contribution in [2.75, 3.05) is 6.61 Å². The predicted molar refractivity (Wildman–Crippen MR) is 81.8 cm³/mol. The number of halogens is 3. The summed E-state index contributed by atoms with van der Waals surface area (Å²) in [5.74, 6) is -0.295. The Hall–Kier alpha value is -0.710. The summed E-state index contributed by atoms with van der Waals surface area (Å²) in [6.45, 7) is 0.0323. The van der Waals surface area contributed by atoms with Gasteiger partial charge in [0, 0.05) is 14.9 Å². The van der Waals surface area contributed by atoms with E-state index in [4.69, 9.17) is 0 Å². The molecule has 4 heteroatoms. The maximum atomic E-state index is 13.3. The molecule has 0 radical (unpaired) electrons. The highest BCUT2D eigenvalue weighted by molar-refractivity contribution is 9.10. The molecule has 2 rings (SSSR count). The van der Waals surface area contributed by atoms with Gasteiger partial charge in [-0.1, -0.05) is 44.0 Å². The molecule has 0 bridgehead atoms. The van der Waals surface area contributed by atoms with Crippen LogP contribution in [0.15, 0.2) is 51.4 Å². The van der Waals surface area contributed by atoms with Crippen LogP contribution in [0.1, 0.15) is 17.0 Å². The van der Waals surface area contributed by atoms with E-state index in [1.165, 1.54) is 12.1 Å². The van der Waals surface area contributed by atoms with Gasteiger partial charge < -0.3 is 5.11 Å². The summed E-state index contributed by atoms with van der Waals surface area (Å²) in [5, 5.41) is 9.55. The zero-order chi connectivity index (χ0) is 13.8. The maximum Gasteiger partial charge on any atom is 0.123 e. The molecule has 1 N–H and O–H groups in total. The van der Waals surface area contributed by atoms with Gasteiger partial charge in [-0.15, -0.1) is 0 Å². The first kappa shape index (κ1) is 14.7. The van der Waals surface area contributed by atoms with Crippen molar-refractivity contribution in [3.63, 3.8) is 0 Å². The van der Waals surface area contributed by atoms with Crippen LogP contribution in [0.3, 0.4) is 0 Å². The lowest BCUT2D eigenvalue weighted by molar-refractivity contribution is 0.264. The van der Waals surface area contributed by atoms with Gasteiger partial charge in [0.2, 0.25) is 0 Å². The number of aliphatic hydroxyl groups excluding tert-OH is 1. The Morgan fingerprint density at radius 2 is 1.74 bits per heavy atom. The van der Waals surface area contributed by atoms with Crippen molar-refractivity contribution in [3.8, 4) is 0 Å². The van der Waals surface area contributed by atoms with E-state index < -0.39 is 0 Å². The molecule has 0 heterocycles. The fourth-order valence-corrected chi connectivity index (χ4v) is 2.66. The third-order valence-corrected chi connectivity index (χ3v) is 4.34. The minimum absolute atomic E-state index is 0.0323. The van der Waals surface area contributed by atoms with E-state index in [9.17, 15) is 9.50 Å². The average molecular weight is 388 g/mol. The lowest BCUT2D eigenvalue weighted by Crippen LogP contribution is -2.08. The van der Waals surface area contributed by atoms with Crippen LogP contribution in [0, 0.1) is 5.82 Å². The van der Waals surface area contributed by atoms with Gasteiger partial charge in [0.1, 0.15) is 5.82 Å². The molecular formula is C15H13Br2FO. The smallest absolute Gasteiger partial charge is 0.123 e. The molecule has 1 atom stereocenters. The summed E-state index contributed by atoms with van der Waals surface area (Å²) in [5.41, 5.74) is 1.91. The normalized spacial score (nSPS) is 12.4. The van der Waals surface area contributed by atoms with Gasteiger partial charge in [0.05, 0.1) is 6.61 Å². The number of aliphatic hydroxyl groups is 1. The fraction of sp³-hybridized carbons (Fsp3) is 0.200. The minimum atomic E-state index is -0.259. The SMILES string of the molecule is OCC(Cc1cc(F)ccc1Br)c1ccc(Br)cc1. The van der Waals surface area contributed by atoms with Crippen molar-refractivity contribution < 1.29 is 9.50 Å². The van der Waals surface area contributed by atoms with Crippen molar-refractivity contribution in [2.24, 2.45) is 0 Å². The molecule has 0 fully saturated rings. The quantitative estimate of drug-likeness (QED) is 0.808. The second-order valence-corrected chi connectivity index (χ2v) is 6.14. The first-order valence-electron chi connectivity index (χ1n) is 5.90. The van der Waals surface area contributed by atoms with Gasteiger partial charge >= 0.3 is 0 Å². The minimum Gasteiger partial charge on any atom is -0.396 e. The fourth-order valence-electron chi connectivity index (χ4n) is 1.99. The summed E-state index contributed by atoms with van der Waals surface area (Å²) in [6.07, 6.45) is 0.594. The van der Waals surface area contributed by atoms with E-state index >= 15 is 0 Å². The van der Waals surface area contributed by atoms with Crippen molar-refractivity contribution in [2.45, 2.75) is 12.3 Å². The van der Waals surface area contributed by atoms with Crippen LogP contribution in [0.2, 0.25) is 0 Å². The van der Waals surface area contributed by atoms with Crippen molar-refractivity contribution in [3.05, 3.63) is 68.4 Å². The lowest BCUT2D eigenvalue weighted by Gasteiger charge is -2.16. The molecule has 0 saturated heterocycles. The zero-order valence-electron chi connectivity index (χ0n) is 10.1. The number of rotatable bonds is 4. The molecule has 1 nitrogen and oxygen atoms in total. The molecule has 0 amide bonds. The predicted octanol–water partition coefficient (Wildman–Crippen LogP) is 4.67. The molecule has 0 aliphatic carbocycles. The largest absolute Gasteiger partial charge is 0.396 e. The Labute approximate surface area is 128 Å². The molecule has 0 spiro atoms. The van der Waals surface area contributed by atoms with E-state index in [0.717, 1.165) is 20.1 Å². The molecule has 2 aromatic carbocycles. The second-order valence-electron chi connectivity index (χ2n) is 4.37. The van der Waals surface area contributed by atoms with Crippen LogP contribution in [-0.4, -0.2) is 11.7 Å². The van der Waals surface area contributed by atoms with E-state index in [-0.39, 0.29) is 18.3 Å². The summed E-state index contributed by atoms with van der Waals surface area (Å²) in [7, 11) is 0. The monoisotopic (exact) mass is 386 g/mol. The van der Waals surface area contributed by atoms with E-state index in [0.29, 0.717) is 6.42 Å². The highest BCUT2D eigenvalue weighted by atomic mass is 79.9. The highest BCUT2D eigenvalue weighted by Gasteiger charge is 2.13. The molecule has 0 saturated carbocycles. The maximum absolute atomic E-state index is 13.3. The first-order valence-corrected chi connectivity index (χ1v) is 7.49. The Bertz CT molecular complexity index is 555. The Balaban J connectivity index is 2.23. The van der Waals surface area contributed by atoms with Gasteiger partial charge in [-0.2, -0.15) is 0 Å². The van der Waals surface area contributed by atoms with Crippen LogP contribution in [0.5, 0.6) is 0 Å². The van der Waals surface area contributed by atoms with E-state index in [1.807, 2.05) is 24.3 Å². The molecular weight excluding hydrogens is 375 g/mol. The molecule has 0 aliphatic rings. The van der Waals surface area contributed by atoms with Gasteiger partial charge in [-0.25, -0.2) is 4.39 Å². The van der Waals surface area contributed by atoms with Crippen LogP contribution in [0.4, 0.5) is 4.39 Å². The molecule has 1 unspecified atom stereocenters. The number of hydrogen-bond donors (Lipinski definition) is 1. The summed E-state index contributed by atoms with van der Waals surface area (Å²) in [4.78, 5) is 0. The lowest BCUT2D eigenvalue weighted by atomic mass is 9.93. The van der Waals surface area contributed by atoms with Gasteiger partial charge in [-0.3, -0.25) is 0 Å². The number of benzene rings is 2.